The number of hydrogen-bond acceptors (Lipinski definition) is 26. The molecule has 101 heavy (non-hydrogen) atoms. The number of unbranched alkanes of at least 4 members (excludes halogenated alkanes) is 2. The zero-order valence-electron chi connectivity index (χ0n) is 59.7. The maximum atomic E-state index is 13.7. The molecule has 14 N–H and O–H groups in total. The first-order valence-corrected chi connectivity index (χ1v) is 32.9. The zero-order valence-corrected chi connectivity index (χ0v) is 59.7. The van der Waals surface area contributed by atoms with Gasteiger partial charge in [-0.1, -0.05) is 83.0 Å². The van der Waals surface area contributed by atoms with Gasteiger partial charge in [0.2, 0.25) is 29.5 Å². The van der Waals surface area contributed by atoms with Gasteiger partial charge >= 0.3 is 47.8 Å². The van der Waals surface area contributed by atoms with Crippen molar-refractivity contribution in [3.05, 3.63) is 89.3 Å². The molecule has 2 aromatic rings. The zero-order chi connectivity index (χ0) is 76.7. The number of hydrogen-bond donors (Lipinski definition) is 13. The van der Waals surface area contributed by atoms with Crippen molar-refractivity contribution in [2.45, 2.75) is 170 Å². The van der Waals surface area contributed by atoms with Gasteiger partial charge in [-0.05, 0) is 108 Å². The Morgan fingerprint density at radius 1 is 0.505 bits per heavy atom. The highest BCUT2D eigenvalue weighted by Gasteiger charge is 2.31. The molecule has 0 fully saturated rings. The molecule has 0 aliphatic carbocycles. The monoisotopic (exact) mass is 1430 g/mol. The Morgan fingerprint density at radius 2 is 0.980 bits per heavy atom. The number of rotatable bonds is 45. The van der Waals surface area contributed by atoms with Crippen molar-refractivity contribution in [1.29, 1.82) is 0 Å². The van der Waals surface area contributed by atoms with Gasteiger partial charge in [0.1, 0.15) is 87.8 Å². The van der Waals surface area contributed by atoms with Crippen LogP contribution in [0.15, 0.2) is 78.1 Å². The lowest BCUT2D eigenvalue weighted by Crippen LogP contribution is -2.57. The van der Waals surface area contributed by atoms with E-state index >= 15 is 0 Å². The predicted molar refractivity (Wildman–Crippen MR) is 368 cm³/mol. The molecule has 5 atom stereocenters. The lowest BCUT2D eigenvalue weighted by Gasteiger charge is -2.25. The fraction of sp³-hybridized carbons (Fsp3) is 0.559. The van der Waals surface area contributed by atoms with E-state index in [-0.39, 0.29) is 94.9 Å². The number of esters is 6. The Bertz CT molecular complexity index is 2950. The third-order valence-electron chi connectivity index (χ3n) is 13.0. The fourth-order valence-electron chi connectivity index (χ4n) is 7.87. The topological polar surface area (TPSA) is 489 Å². The van der Waals surface area contributed by atoms with Gasteiger partial charge in [-0.25, -0.2) is 19.8 Å². The van der Waals surface area contributed by atoms with Crippen molar-refractivity contribution in [2.24, 2.45) is 11.7 Å². The number of phenolic OH excluding ortho intramolecular Hbond substituents is 1. The highest BCUT2D eigenvalue weighted by molar-refractivity contribution is 5.95. The van der Waals surface area contributed by atoms with Gasteiger partial charge in [0, 0.05) is 57.3 Å². The van der Waals surface area contributed by atoms with Gasteiger partial charge in [0.15, 0.2) is 0 Å². The number of allylic oxidation sites excluding steroid dienone is 2. The quantitative estimate of drug-likeness (QED) is 0.0112. The first-order chi connectivity index (χ1) is 47.8. The van der Waals surface area contributed by atoms with Crippen molar-refractivity contribution in [3.63, 3.8) is 0 Å². The molecule has 33 heteroatoms. The number of carboxylic acid groups (broad SMARTS) is 2. The minimum Gasteiger partial charge on any atom is -0.508 e. The summed E-state index contributed by atoms with van der Waals surface area (Å²) in [6.07, 6.45) is 7.39. The van der Waals surface area contributed by atoms with Gasteiger partial charge in [-0.3, -0.25) is 52.7 Å². The molecule has 2 aromatic carbocycles. The molecule has 0 aliphatic heterocycles. The van der Waals surface area contributed by atoms with E-state index in [0.717, 1.165) is 6.08 Å². The van der Waals surface area contributed by atoms with E-state index in [1.807, 2.05) is 13.8 Å². The highest BCUT2D eigenvalue weighted by atomic mass is 16.6. The number of carbonyl (C=O) groups is 14. The second kappa shape index (κ2) is 56.8. The van der Waals surface area contributed by atoms with Crippen molar-refractivity contribution >= 4 is 83.1 Å². The Kier molecular flexibility index (Phi) is 52.3. The Morgan fingerprint density at radius 3 is 1.48 bits per heavy atom. The lowest BCUT2D eigenvalue weighted by atomic mass is 10.0. The van der Waals surface area contributed by atoms with E-state index in [1.54, 1.807) is 56.4 Å². The van der Waals surface area contributed by atoms with Crippen molar-refractivity contribution < 1.29 is 111 Å². The number of benzene rings is 2. The third-order valence-corrected chi connectivity index (χ3v) is 13.0. The molecule has 0 radical (unpaired) electrons. The number of Topliss-reactive ketones (excluding diaryl/α,β-unsaturated/α-hetero) is 1. The van der Waals surface area contributed by atoms with Crippen LogP contribution in [0.1, 0.15) is 138 Å². The van der Waals surface area contributed by atoms with Crippen molar-refractivity contribution in [1.82, 2.24) is 48.1 Å². The average molecular weight is 1430 g/mol. The van der Waals surface area contributed by atoms with E-state index in [0.29, 0.717) is 55.6 Å². The molecule has 0 spiro atoms. The van der Waals surface area contributed by atoms with Crippen molar-refractivity contribution in [2.75, 3.05) is 72.9 Å². The van der Waals surface area contributed by atoms with Crippen molar-refractivity contribution in [3.8, 4) is 5.75 Å². The SMILES string of the molecule is CC(=O)CC(=O)OCCOC(C)=O.CC(=O)OCCOC(=O)/C=C(/C)NNC(Cc1ccc(O)cc1)C(=O)NCC(=O)NCC(=O)N[C@@H](Cc1ccccc1)C(=O)NC(CC(C)C)C(=O)N[C@@H](CCCCN)C(=O)O.CCCC.CNC(CCCN/C(C)=C\C(=O)OCCOC(C)=O)C(=O)O. The minimum atomic E-state index is -1.22. The number of likely N-dealkylation sites (N-methyl/N-ethyl adjacent to an activating group) is 1. The van der Waals surface area contributed by atoms with Crippen LogP contribution in [-0.4, -0.2) is 201 Å². The summed E-state index contributed by atoms with van der Waals surface area (Å²) in [7, 11) is 1.60. The number of ketones is 1. The summed E-state index contributed by atoms with van der Waals surface area (Å²) in [4.78, 5) is 165. The first kappa shape index (κ1) is 93.0. The van der Waals surface area contributed by atoms with Gasteiger partial charge < -0.3 is 92.1 Å². The molecule has 0 heterocycles. The summed E-state index contributed by atoms with van der Waals surface area (Å²) in [6, 6.07) is 9.71. The van der Waals surface area contributed by atoms with Crippen LogP contribution in [-0.2, 0) is 108 Å². The summed E-state index contributed by atoms with van der Waals surface area (Å²) in [6.45, 7) is 15.9. The minimum absolute atomic E-state index is 0.00462. The normalized spacial score (nSPS) is 12.2. The van der Waals surface area contributed by atoms with Gasteiger partial charge in [0.25, 0.3) is 0 Å². The smallest absolute Gasteiger partial charge is 0.332 e. The molecule has 33 nitrogen and oxygen atoms in total. The van der Waals surface area contributed by atoms with Gasteiger partial charge in [-0.2, -0.15) is 0 Å². The molecule has 3 unspecified atom stereocenters. The molecule has 0 aromatic heterocycles. The van der Waals surface area contributed by atoms with E-state index < -0.39 is 121 Å². The number of amides is 5. The van der Waals surface area contributed by atoms with Crippen LogP contribution in [0, 0.1) is 5.92 Å². The van der Waals surface area contributed by atoms with Crippen LogP contribution in [0.4, 0.5) is 0 Å². The number of hydrazine groups is 1. The maximum absolute atomic E-state index is 13.7. The van der Waals surface area contributed by atoms with E-state index in [4.69, 9.17) is 25.1 Å². The Labute approximate surface area is 589 Å². The predicted octanol–water partition coefficient (Wildman–Crippen LogP) is 1.51. The highest BCUT2D eigenvalue weighted by Crippen LogP contribution is 2.13. The van der Waals surface area contributed by atoms with Crippen LogP contribution >= 0.6 is 0 Å². The molecule has 566 valence electrons. The van der Waals surface area contributed by atoms with Crippen LogP contribution in [0.3, 0.4) is 0 Å². The molecular weight excluding hydrogens is 1320 g/mol. The first-order valence-electron chi connectivity index (χ1n) is 32.9. The lowest BCUT2D eigenvalue weighted by molar-refractivity contribution is -0.152. The molecule has 5 amide bonds. The summed E-state index contributed by atoms with van der Waals surface area (Å²) >= 11 is 0. The number of aliphatic carboxylic acids is 2. The number of nitrogens with two attached hydrogens (primary N) is 1. The van der Waals surface area contributed by atoms with E-state index in [9.17, 15) is 77.3 Å². The number of aromatic hydroxyl groups is 1. The molecule has 0 saturated heterocycles. The van der Waals surface area contributed by atoms with E-state index in [1.165, 1.54) is 65.7 Å². The molecule has 0 bridgehead atoms. The molecule has 2 rings (SSSR count). The number of nitrogens with one attached hydrogen (secondary N) is 9. The molecule has 0 aliphatic rings. The number of carboxylic acids is 2. The van der Waals surface area contributed by atoms with E-state index in [2.05, 4.69) is 76.1 Å². The number of carbonyl (C=O) groups excluding carboxylic acids is 12. The van der Waals surface area contributed by atoms with Crippen LogP contribution in [0.2, 0.25) is 0 Å². The Balaban J connectivity index is 0. The Hall–Kier alpha value is -10.0. The summed E-state index contributed by atoms with van der Waals surface area (Å²) in [5, 5.41) is 46.6. The standard InChI is InChI=1S/C42H60N8O12.C14H24N2O6.C8H12O5.C4H10/c1-26(2)20-33(40(57)47-32(42(59)60)12-8-9-17-43)48-41(58)34(22-29-10-6-5-7-11-29)46-37(54)25-44-36(53)24-45-39(56)35(23-30-13-15-31(52)16-14-30)50-49-27(3)21-38(55)62-19-18-61-28(4)51;1-10(9-13(18)22-8-7-21-11(2)17)16-6-4-5-12(15-3)14(19)20;1-6(9)5-8(11)13-4-3-12-7(2)10;1-3-4-2/h5-7,10-11,13-16,21,26,32-35,49-50,52H,8-9,12,17-20,22-25,43H2,1-4H3,(H,44,53)(H,45,56)(H,46,54)(H,47,57)(H,48,58)(H,59,60);9,12,15-16H,4-8H2,1-3H3,(H,19,20);3-5H2,1-2H3;3-4H2,1-2H3/b27-21-;10-9-;;/t32-,33?,34-,35?;;;/m0.../s1. The molecule has 0 saturated carbocycles. The largest absolute Gasteiger partial charge is 0.508 e. The molecular formula is C68H106N10O23. The third kappa shape index (κ3) is 52.7. The van der Waals surface area contributed by atoms with Crippen LogP contribution in [0.25, 0.3) is 0 Å². The average Bonchev–Trinajstić information content (AvgIpc) is 0.880. The van der Waals surface area contributed by atoms with Gasteiger partial charge in [0.05, 0.1) is 13.1 Å². The summed E-state index contributed by atoms with van der Waals surface area (Å²) in [5.41, 5.74) is 13.3. The number of phenols is 1. The summed E-state index contributed by atoms with van der Waals surface area (Å²) < 4.78 is 28.2. The second-order valence-electron chi connectivity index (χ2n) is 22.7. The van der Waals surface area contributed by atoms with Crippen LogP contribution in [0.5, 0.6) is 5.75 Å². The fourth-order valence-corrected chi connectivity index (χ4v) is 7.87. The summed E-state index contributed by atoms with van der Waals surface area (Å²) in [5.74, 6) is -9.21. The maximum Gasteiger partial charge on any atom is 0.332 e. The van der Waals surface area contributed by atoms with Crippen LogP contribution < -0.4 is 53.8 Å². The number of ether oxygens (including phenoxy) is 6. The van der Waals surface area contributed by atoms with Gasteiger partial charge in [-0.15, -0.1) is 0 Å². The second-order valence-corrected chi connectivity index (χ2v) is 22.7.